The Morgan fingerprint density at radius 3 is 2.16 bits per heavy atom. The standard InChI is InChI=1S/C28H29NO3/c1-2-3-4-5-6-7-9-21-11-13-22(14-12-21)23-15-17-24(18-16-23)27-29-26(28(30)32-27)20-25-10-8-19-31-25/h8,10-20H,2-7,9H2,1H3/b26-20-. The number of ether oxygens (including phenoxy) is 1. The van der Waals surface area contributed by atoms with E-state index in [0.717, 1.165) is 17.5 Å². The molecular formula is C28H29NO3. The van der Waals surface area contributed by atoms with Crippen LogP contribution in [0.2, 0.25) is 0 Å². The Labute approximate surface area is 189 Å². The first kappa shape index (κ1) is 21.8. The van der Waals surface area contributed by atoms with Gasteiger partial charge in [-0.3, -0.25) is 0 Å². The molecule has 2 aromatic carbocycles. The van der Waals surface area contributed by atoms with Crippen LogP contribution in [0.4, 0.5) is 0 Å². The molecule has 0 aliphatic carbocycles. The monoisotopic (exact) mass is 427 g/mol. The van der Waals surface area contributed by atoms with Gasteiger partial charge in [0.1, 0.15) is 5.76 Å². The van der Waals surface area contributed by atoms with Crippen LogP contribution in [0.5, 0.6) is 0 Å². The molecule has 0 unspecified atom stereocenters. The predicted molar refractivity (Wildman–Crippen MR) is 128 cm³/mol. The molecule has 32 heavy (non-hydrogen) atoms. The van der Waals surface area contributed by atoms with Gasteiger partial charge in [0, 0.05) is 11.6 Å². The van der Waals surface area contributed by atoms with Crippen molar-refractivity contribution in [1.82, 2.24) is 0 Å². The molecule has 0 N–H and O–H groups in total. The van der Waals surface area contributed by atoms with Crippen molar-refractivity contribution in [2.45, 2.75) is 51.9 Å². The molecule has 1 aliphatic rings. The first-order chi connectivity index (χ1) is 15.7. The second kappa shape index (κ2) is 10.8. The van der Waals surface area contributed by atoms with E-state index in [9.17, 15) is 4.79 Å². The van der Waals surface area contributed by atoms with E-state index < -0.39 is 5.97 Å². The highest BCUT2D eigenvalue weighted by molar-refractivity contribution is 6.12. The highest BCUT2D eigenvalue weighted by Gasteiger charge is 2.24. The summed E-state index contributed by atoms with van der Waals surface area (Å²) >= 11 is 0. The van der Waals surface area contributed by atoms with E-state index in [4.69, 9.17) is 9.15 Å². The lowest BCUT2D eigenvalue weighted by molar-refractivity contribution is -0.129. The third-order valence-electron chi connectivity index (χ3n) is 5.68. The van der Waals surface area contributed by atoms with Crippen molar-refractivity contribution in [2.24, 2.45) is 4.99 Å². The molecule has 0 bridgehead atoms. The highest BCUT2D eigenvalue weighted by Crippen LogP contribution is 2.24. The molecule has 1 aromatic heterocycles. The Hall–Kier alpha value is -3.40. The molecule has 0 saturated carbocycles. The van der Waals surface area contributed by atoms with Gasteiger partial charge in [-0.05, 0) is 53.8 Å². The van der Waals surface area contributed by atoms with Gasteiger partial charge in [0.25, 0.3) is 0 Å². The number of aryl methyl sites for hydroxylation is 1. The second-order valence-corrected chi connectivity index (χ2v) is 8.14. The molecule has 164 valence electrons. The minimum absolute atomic E-state index is 0.236. The smallest absolute Gasteiger partial charge is 0.363 e. The summed E-state index contributed by atoms with van der Waals surface area (Å²) in [6, 6.07) is 20.3. The summed E-state index contributed by atoms with van der Waals surface area (Å²) in [4.78, 5) is 16.4. The number of rotatable bonds is 10. The van der Waals surface area contributed by atoms with Crippen LogP contribution >= 0.6 is 0 Å². The molecule has 0 amide bonds. The van der Waals surface area contributed by atoms with Gasteiger partial charge in [0.2, 0.25) is 5.90 Å². The van der Waals surface area contributed by atoms with Gasteiger partial charge in [0.15, 0.2) is 5.70 Å². The lowest BCUT2D eigenvalue weighted by Crippen LogP contribution is -2.05. The van der Waals surface area contributed by atoms with Crippen LogP contribution < -0.4 is 0 Å². The Morgan fingerprint density at radius 1 is 0.812 bits per heavy atom. The molecule has 0 radical (unpaired) electrons. The van der Waals surface area contributed by atoms with Crippen LogP contribution in [0.25, 0.3) is 17.2 Å². The maximum Gasteiger partial charge on any atom is 0.363 e. The lowest BCUT2D eigenvalue weighted by atomic mass is 10.00. The van der Waals surface area contributed by atoms with Crippen LogP contribution in [-0.2, 0) is 16.0 Å². The molecule has 0 saturated heterocycles. The second-order valence-electron chi connectivity index (χ2n) is 8.14. The van der Waals surface area contributed by atoms with Gasteiger partial charge in [-0.1, -0.05) is 75.4 Å². The van der Waals surface area contributed by atoms with E-state index in [1.165, 1.54) is 49.7 Å². The fraction of sp³-hybridized carbons (Fsp3) is 0.286. The summed E-state index contributed by atoms with van der Waals surface area (Å²) in [5.74, 6) is 0.410. The zero-order valence-electron chi connectivity index (χ0n) is 18.5. The number of hydrogen-bond acceptors (Lipinski definition) is 4. The van der Waals surface area contributed by atoms with Crippen molar-refractivity contribution in [3.63, 3.8) is 0 Å². The number of furan rings is 1. The van der Waals surface area contributed by atoms with E-state index in [-0.39, 0.29) is 5.70 Å². The molecular weight excluding hydrogens is 398 g/mol. The minimum Gasteiger partial charge on any atom is -0.465 e. The molecule has 4 nitrogen and oxygen atoms in total. The first-order valence-electron chi connectivity index (χ1n) is 11.5. The van der Waals surface area contributed by atoms with Crippen molar-refractivity contribution in [1.29, 1.82) is 0 Å². The Bertz CT molecular complexity index is 1070. The molecule has 0 atom stereocenters. The maximum atomic E-state index is 12.1. The van der Waals surface area contributed by atoms with Crippen LogP contribution in [0.1, 0.15) is 62.3 Å². The van der Waals surface area contributed by atoms with Crippen molar-refractivity contribution in [3.8, 4) is 11.1 Å². The van der Waals surface area contributed by atoms with Gasteiger partial charge >= 0.3 is 5.97 Å². The maximum absolute atomic E-state index is 12.1. The summed E-state index contributed by atoms with van der Waals surface area (Å²) < 4.78 is 10.6. The van der Waals surface area contributed by atoms with Crippen molar-refractivity contribution >= 4 is 17.9 Å². The normalized spacial score (nSPS) is 14.6. The average Bonchev–Trinajstić information content (AvgIpc) is 3.47. The SMILES string of the molecule is CCCCCCCCc1ccc(-c2ccc(C3=N/C(=C\c4ccco4)C(=O)O3)cc2)cc1. The van der Waals surface area contributed by atoms with Crippen molar-refractivity contribution < 1.29 is 13.9 Å². The molecule has 3 aromatic rings. The number of esters is 1. The van der Waals surface area contributed by atoms with Gasteiger partial charge in [-0.2, -0.15) is 0 Å². The average molecular weight is 428 g/mol. The van der Waals surface area contributed by atoms with E-state index >= 15 is 0 Å². The summed E-state index contributed by atoms with van der Waals surface area (Å²) in [5, 5.41) is 0. The quantitative estimate of drug-likeness (QED) is 0.195. The van der Waals surface area contributed by atoms with E-state index in [0.29, 0.717) is 11.7 Å². The van der Waals surface area contributed by atoms with Gasteiger partial charge in [-0.15, -0.1) is 0 Å². The lowest BCUT2D eigenvalue weighted by Gasteiger charge is -2.06. The van der Waals surface area contributed by atoms with E-state index in [2.05, 4.69) is 36.2 Å². The number of cyclic esters (lactones) is 1. The number of unbranched alkanes of at least 4 members (excludes halogenated alkanes) is 5. The van der Waals surface area contributed by atoms with E-state index in [1.54, 1.807) is 24.5 Å². The Kier molecular flexibility index (Phi) is 7.34. The van der Waals surface area contributed by atoms with Gasteiger partial charge in [-0.25, -0.2) is 9.79 Å². The number of hydrogen-bond donors (Lipinski definition) is 0. The largest absolute Gasteiger partial charge is 0.465 e. The number of carbonyl (C=O) groups excluding carboxylic acids is 1. The number of aliphatic imine (C=N–C) groups is 1. The van der Waals surface area contributed by atoms with Crippen molar-refractivity contribution in [2.75, 3.05) is 0 Å². The molecule has 1 aliphatic heterocycles. The Balaban J connectivity index is 1.36. The van der Waals surface area contributed by atoms with E-state index in [1.807, 2.05) is 24.3 Å². The van der Waals surface area contributed by atoms with Gasteiger partial charge < -0.3 is 9.15 Å². The fourth-order valence-electron chi connectivity index (χ4n) is 3.82. The summed E-state index contributed by atoms with van der Waals surface area (Å²) in [5.41, 5.74) is 4.69. The van der Waals surface area contributed by atoms with Crippen LogP contribution in [0.15, 0.2) is 82.0 Å². The third kappa shape index (κ3) is 5.64. The number of carbonyl (C=O) groups is 1. The topological polar surface area (TPSA) is 51.8 Å². The number of benzene rings is 2. The molecule has 4 heteroatoms. The molecule has 4 rings (SSSR count). The third-order valence-corrected chi connectivity index (χ3v) is 5.68. The van der Waals surface area contributed by atoms with Crippen molar-refractivity contribution in [3.05, 3.63) is 89.5 Å². The fourth-order valence-corrected chi connectivity index (χ4v) is 3.82. The first-order valence-corrected chi connectivity index (χ1v) is 11.5. The molecule has 0 spiro atoms. The predicted octanol–water partition coefficient (Wildman–Crippen LogP) is 7.19. The minimum atomic E-state index is -0.471. The summed E-state index contributed by atoms with van der Waals surface area (Å²) in [7, 11) is 0. The van der Waals surface area contributed by atoms with Crippen LogP contribution in [0.3, 0.4) is 0 Å². The summed E-state index contributed by atoms with van der Waals surface area (Å²) in [6.07, 6.45) is 12.2. The molecule has 0 fully saturated rings. The van der Waals surface area contributed by atoms with Gasteiger partial charge in [0.05, 0.1) is 6.26 Å². The highest BCUT2D eigenvalue weighted by atomic mass is 16.6. The Morgan fingerprint density at radius 2 is 1.47 bits per heavy atom. The zero-order valence-corrected chi connectivity index (χ0v) is 18.5. The van der Waals surface area contributed by atoms with Crippen LogP contribution in [-0.4, -0.2) is 11.9 Å². The number of nitrogens with zero attached hydrogens (tertiary/aromatic N) is 1. The molecule has 2 heterocycles. The van der Waals surface area contributed by atoms with Crippen LogP contribution in [0, 0.1) is 0 Å². The summed E-state index contributed by atoms with van der Waals surface area (Å²) in [6.45, 7) is 2.25. The zero-order chi connectivity index (χ0) is 22.2.